The van der Waals surface area contributed by atoms with Crippen molar-refractivity contribution in [2.24, 2.45) is 12.0 Å². The highest BCUT2D eigenvalue weighted by molar-refractivity contribution is 7.16. The van der Waals surface area contributed by atoms with Gasteiger partial charge in [0.2, 0.25) is 0 Å². The topological polar surface area (TPSA) is 69.2 Å². The van der Waals surface area contributed by atoms with Crippen LogP contribution in [0.1, 0.15) is 0 Å². The van der Waals surface area contributed by atoms with Gasteiger partial charge in [0.25, 0.3) is 11.5 Å². The molecule has 1 aromatic carbocycles. The van der Waals surface area contributed by atoms with Crippen molar-refractivity contribution in [3.63, 3.8) is 0 Å². The Hall–Kier alpha value is -2.58. The third-order valence-electron chi connectivity index (χ3n) is 3.69. The van der Waals surface area contributed by atoms with Gasteiger partial charge in [0.05, 0.1) is 21.9 Å². The molecule has 0 saturated carbocycles. The quantitative estimate of drug-likeness (QED) is 0.552. The normalized spacial score (nSPS) is 12.3. The molecule has 0 N–H and O–H groups in total. The molecular weight excluding hydrogens is 344 g/mol. The van der Waals surface area contributed by atoms with Gasteiger partial charge in [0.1, 0.15) is 11.4 Å². The van der Waals surface area contributed by atoms with E-state index in [1.807, 2.05) is 41.3 Å². The molecule has 0 spiro atoms. The van der Waals surface area contributed by atoms with Gasteiger partial charge in [-0.1, -0.05) is 23.5 Å². The van der Waals surface area contributed by atoms with Gasteiger partial charge >= 0.3 is 0 Å². The van der Waals surface area contributed by atoms with Crippen molar-refractivity contribution >= 4 is 49.0 Å². The first kappa shape index (κ1) is 15.0. The van der Waals surface area contributed by atoms with Crippen molar-refractivity contribution in [2.45, 2.75) is 6.54 Å². The molecule has 4 rings (SSSR count). The first-order chi connectivity index (χ1) is 11.6. The molecule has 4 aromatic rings. The Bertz CT molecular complexity index is 1200. The molecule has 120 valence electrons. The molecule has 0 aliphatic heterocycles. The lowest BCUT2D eigenvalue weighted by molar-refractivity contribution is -0.118. The highest BCUT2D eigenvalue weighted by Crippen LogP contribution is 2.15. The number of para-hydroxylation sites is 1. The molecule has 24 heavy (non-hydrogen) atoms. The summed E-state index contributed by atoms with van der Waals surface area (Å²) in [4.78, 5) is 34.2. The van der Waals surface area contributed by atoms with Crippen LogP contribution < -0.4 is 10.4 Å². The highest BCUT2D eigenvalue weighted by atomic mass is 32.1. The summed E-state index contributed by atoms with van der Waals surface area (Å²) >= 11 is 2.85. The minimum absolute atomic E-state index is 0.119. The summed E-state index contributed by atoms with van der Waals surface area (Å²) in [6.07, 6.45) is 1.40. The van der Waals surface area contributed by atoms with Gasteiger partial charge in [0, 0.05) is 7.05 Å². The number of aromatic nitrogens is 3. The predicted octanol–water partition coefficient (Wildman–Crippen LogP) is 2.14. The van der Waals surface area contributed by atoms with Crippen LogP contribution in [-0.2, 0) is 18.4 Å². The van der Waals surface area contributed by atoms with Crippen molar-refractivity contribution in [3.8, 4) is 0 Å². The van der Waals surface area contributed by atoms with Crippen LogP contribution in [0.15, 0.2) is 51.8 Å². The molecular formula is C16H12N4O2S2. The standard InChI is InChI=1S/C16H12N4O2S2/c1-19-11-4-2-3-5-12(11)24-16(19)18-13(21)8-20-9-17-14-10(15(20)22)6-7-23-14/h2-7,9H,8H2,1H3. The van der Waals surface area contributed by atoms with Crippen molar-refractivity contribution < 1.29 is 4.79 Å². The third kappa shape index (κ3) is 2.49. The smallest absolute Gasteiger partial charge is 0.268 e. The zero-order valence-corrected chi connectivity index (χ0v) is 14.3. The number of carbonyl (C=O) groups excluding carboxylic acids is 1. The molecule has 6 nitrogen and oxygen atoms in total. The minimum Gasteiger partial charge on any atom is -0.319 e. The van der Waals surface area contributed by atoms with Crippen LogP contribution in [0, 0.1) is 0 Å². The van der Waals surface area contributed by atoms with E-state index in [4.69, 9.17) is 0 Å². The molecule has 1 amide bonds. The Labute approximate surface area is 144 Å². The largest absolute Gasteiger partial charge is 0.319 e. The average molecular weight is 356 g/mol. The van der Waals surface area contributed by atoms with Gasteiger partial charge in [-0.15, -0.1) is 11.3 Å². The van der Waals surface area contributed by atoms with E-state index in [9.17, 15) is 9.59 Å². The molecule has 0 aliphatic rings. The fraction of sp³-hybridized carbons (Fsp3) is 0.125. The van der Waals surface area contributed by atoms with Crippen LogP contribution in [0.25, 0.3) is 20.4 Å². The van der Waals surface area contributed by atoms with Crippen LogP contribution in [0.3, 0.4) is 0 Å². The van der Waals surface area contributed by atoms with E-state index in [0.717, 1.165) is 10.2 Å². The average Bonchev–Trinajstić information content (AvgIpc) is 3.17. The Morgan fingerprint density at radius 1 is 1.29 bits per heavy atom. The van der Waals surface area contributed by atoms with E-state index < -0.39 is 0 Å². The second-order valence-electron chi connectivity index (χ2n) is 5.23. The molecule has 0 unspecified atom stereocenters. The lowest BCUT2D eigenvalue weighted by atomic mass is 10.3. The Morgan fingerprint density at radius 2 is 2.12 bits per heavy atom. The summed E-state index contributed by atoms with van der Waals surface area (Å²) in [7, 11) is 1.87. The second-order valence-corrected chi connectivity index (χ2v) is 7.14. The summed E-state index contributed by atoms with van der Waals surface area (Å²) < 4.78 is 4.24. The molecule has 0 saturated heterocycles. The summed E-state index contributed by atoms with van der Waals surface area (Å²) in [5, 5.41) is 2.34. The van der Waals surface area contributed by atoms with Crippen molar-refractivity contribution in [2.75, 3.05) is 0 Å². The lowest BCUT2D eigenvalue weighted by Gasteiger charge is -2.01. The van der Waals surface area contributed by atoms with Gasteiger partial charge in [-0.25, -0.2) is 4.98 Å². The van der Waals surface area contributed by atoms with E-state index in [1.165, 1.54) is 33.6 Å². The first-order valence-electron chi connectivity index (χ1n) is 7.18. The third-order valence-corrected chi connectivity index (χ3v) is 5.62. The van der Waals surface area contributed by atoms with Crippen molar-refractivity contribution in [3.05, 3.63) is 57.2 Å². The number of hydrogen-bond donors (Lipinski definition) is 0. The predicted molar refractivity (Wildman–Crippen MR) is 95.2 cm³/mol. The molecule has 3 heterocycles. The second kappa shape index (κ2) is 5.81. The number of nitrogens with zero attached hydrogens (tertiary/aromatic N) is 4. The summed E-state index contributed by atoms with van der Waals surface area (Å²) in [6, 6.07) is 9.59. The Kier molecular flexibility index (Phi) is 3.62. The Balaban J connectivity index is 1.71. The van der Waals surface area contributed by atoms with Gasteiger partial charge in [-0.3, -0.25) is 14.2 Å². The van der Waals surface area contributed by atoms with Crippen LogP contribution in [0.5, 0.6) is 0 Å². The molecule has 3 aromatic heterocycles. The maximum absolute atomic E-state index is 12.3. The van der Waals surface area contributed by atoms with Crippen LogP contribution in [0.4, 0.5) is 0 Å². The summed E-state index contributed by atoms with van der Waals surface area (Å²) in [5.41, 5.74) is 0.804. The van der Waals surface area contributed by atoms with Crippen LogP contribution in [0.2, 0.25) is 0 Å². The number of thiophene rings is 1. The Morgan fingerprint density at radius 3 is 2.96 bits per heavy atom. The molecule has 0 aliphatic carbocycles. The fourth-order valence-electron chi connectivity index (χ4n) is 2.48. The number of thiazole rings is 1. The van der Waals surface area contributed by atoms with Crippen LogP contribution in [-0.4, -0.2) is 20.0 Å². The van der Waals surface area contributed by atoms with E-state index >= 15 is 0 Å². The number of fused-ring (bicyclic) bond motifs is 2. The van der Waals surface area contributed by atoms with Gasteiger partial charge in [-0.2, -0.15) is 4.99 Å². The zero-order valence-electron chi connectivity index (χ0n) is 12.7. The molecule has 0 bridgehead atoms. The van der Waals surface area contributed by atoms with E-state index in [0.29, 0.717) is 15.0 Å². The number of rotatable bonds is 2. The highest BCUT2D eigenvalue weighted by Gasteiger charge is 2.09. The maximum atomic E-state index is 12.3. The zero-order chi connectivity index (χ0) is 16.7. The van der Waals surface area contributed by atoms with Crippen molar-refractivity contribution in [1.82, 2.24) is 14.1 Å². The van der Waals surface area contributed by atoms with Crippen molar-refractivity contribution in [1.29, 1.82) is 0 Å². The number of carbonyl (C=O) groups is 1. The number of hydrogen-bond acceptors (Lipinski definition) is 5. The van der Waals surface area contributed by atoms with E-state index in [1.54, 1.807) is 6.07 Å². The van der Waals surface area contributed by atoms with Gasteiger partial charge in [0.15, 0.2) is 4.80 Å². The number of aryl methyl sites for hydroxylation is 1. The fourth-order valence-corrected chi connectivity index (χ4v) is 4.24. The van der Waals surface area contributed by atoms with Gasteiger partial charge in [-0.05, 0) is 23.6 Å². The minimum atomic E-state index is -0.379. The van der Waals surface area contributed by atoms with Crippen LogP contribution >= 0.6 is 22.7 Å². The maximum Gasteiger partial charge on any atom is 0.268 e. The lowest BCUT2D eigenvalue weighted by Crippen LogP contribution is -2.24. The SMILES string of the molecule is Cn1c(=NC(=O)Cn2cnc3sccc3c2=O)sc2ccccc21. The van der Waals surface area contributed by atoms with E-state index in [-0.39, 0.29) is 18.0 Å². The molecule has 0 radical (unpaired) electrons. The summed E-state index contributed by atoms with van der Waals surface area (Å²) in [6.45, 7) is -0.119. The van der Waals surface area contributed by atoms with Gasteiger partial charge < -0.3 is 4.57 Å². The number of amides is 1. The molecule has 8 heteroatoms. The molecule has 0 atom stereocenters. The molecule has 0 fully saturated rings. The number of benzene rings is 1. The van der Waals surface area contributed by atoms with E-state index in [2.05, 4.69) is 9.98 Å². The monoisotopic (exact) mass is 356 g/mol. The summed E-state index contributed by atoms with van der Waals surface area (Å²) in [5.74, 6) is -0.379. The first-order valence-corrected chi connectivity index (χ1v) is 8.88.